The third kappa shape index (κ3) is 5.90. The summed E-state index contributed by atoms with van der Waals surface area (Å²) in [6, 6.07) is 6.74. The lowest BCUT2D eigenvalue weighted by Gasteiger charge is -2.43. The molecule has 0 aliphatic carbocycles. The van der Waals surface area contributed by atoms with Gasteiger partial charge in [0, 0.05) is 19.0 Å². The van der Waals surface area contributed by atoms with Crippen LogP contribution in [0, 0.1) is 0 Å². The quantitative estimate of drug-likeness (QED) is 0.298. The van der Waals surface area contributed by atoms with E-state index in [0.717, 1.165) is 0 Å². The topological polar surface area (TPSA) is 167 Å². The van der Waals surface area contributed by atoms with E-state index in [1.54, 1.807) is 24.3 Å². The zero-order valence-corrected chi connectivity index (χ0v) is 17.0. The first-order valence-electron chi connectivity index (χ1n) is 10.1. The summed E-state index contributed by atoms with van der Waals surface area (Å²) in [4.78, 5) is 11.1. The number of anilines is 1. The van der Waals surface area contributed by atoms with Gasteiger partial charge >= 0.3 is 0 Å². The molecule has 2 heterocycles. The van der Waals surface area contributed by atoms with Crippen LogP contribution in [0.25, 0.3) is 0 Å². The number of ether oxygens (including phenoxy) is 4. The molecule has 6 unspecified atom stereocenters. The Morgan fingerprint density at radius 3 is 2.29 bits per heavy atom. The molecule has 6 N–H and O–H groups in total. The van der Waals surface area contributed by atoms with E-state index in [9.17, 15) is 30.3 Å². The zero-order chi connectivity index (χ0) is 22.5. The number of aliphatic hydroxyl groups excluding tert-OH is 5. The number of hydrogen-bond donors (Lipinski definition) is 6. The first kappa shape index (κ1) is 23.8. The van der Waals surface area contributed by atoms with Crippen molar-refractivity contribution in [1.29, 1.82) is 0 Å². The largest absolute Gasteiger partial charge is 0.465 e. The minimum atomic E-state index is -1.55. The van der Waals surface area contributed by atoms with Crippen molar-refractivity contribution in [2.75, 3.05) is 18.5 Å². The molecule has 1 aromatic carbocycles. The van der Waals surface area contributed by atoms with E-state index in [0.29, 0.717) is 24.3 Å². The van der Waals surface area contributed by atoms with Crippen LogP contribution in [0.2, 0.25) is 0 Å². The Morgan fingerprint density at radius 2 is 1.68 bits per heavy atom. The van der Waals surface area contributed by atoms with Crippen molar-refractivity contribution >= 4 is 11.6 Å². The second-order valence-corrected chi connectivity index (χ2v) is 7.56. The van der Waals surface area contributed by atoms with E-state index in [1.807, 2.05) is 0 Å². The van der Waals surface area contributed by atoms with Crippen LogP contribution in [0.4, 0.5) is 5.69 Å². The Balaban J connectivity index is 1.56. The Kier molecular flexibility index (Phi) is 8.19. The number of rotatable bonds is 7. The van der Waals surface area contributed by atoms with Gasteiger partial charge in [0.1, 0.15) is 36.3 Å². The van der Waals surface area contributed by atoms with Gasteiger partial charge in [0.05, 0.1) is 19.3 Å². The van der Waals surface area contributed by atoms with Crippen molar-refractivity contribution in [3.05, 3.63) is 24.3 Å². The van der Waals surface area contributed by atoms with E-state index in [4.69, 9.17) is 18.9 Å². The van der Waals surface area contributed by atoms with Crippen LogP contribution in [0.15, 0.2) is 24.3 Å². The molecule has 8 atom stereocenters. The minimum absolute atomic E-state index is 0.180. The molecule has 11 heteroatoms. The van der Waals surface area contributed by atoms with Crippen LogP contribution < -0.4 is 10.1 Å². The number of carbonyl (C=O) groups excluding carboxylic acids is 1. The fourth-order valence-electron chi connectivity index (χ4n) is 3.56. The van der Waals surface area contributed by atoms with Gasteiger partial charge in [-0.05, 0) is 30.7 Å². The van der Waals surface area contributed by atoms with Crippen LogP contribution in [0.5, 0.6) is 5.75 Å². The number of hydrogen-bond acceptors (Lipinski definition) is 10. The summed E-state index contributed by atoms with van der Waals surface area (Å²) in [6.45, 7) is 0.466. The van der Waals surface area contributed by atoms with Gasteiger partial charge in [0.2, 0.25) is 5.91 Å². The van der Waals surface area contributed by atoms with Gasteiger partial charge in [0.15, 0.2) is 12.6 Å². The highest BCUT2D eigenvalue weighted by atomic mass is 16.7. The lowest BCUT2D eigenvalue weighted by Crippen LogP contribution is -2.60. The molecular formula is C20H29NO10. The number of amides is 1. The van der Waals surface area contributed by atoms with Crippen molar-refractivity contribution in [3.63, 3.8) is 0 Å². The highest BCUT2D eigenvalue weighted by Gasteiger charge is 2.46. The summed E-state index contributed by atoms with van der Waals surface area (Å²) in [5, 5.41) is 51.6. The van der Waals surface area contributed by atoms with E-state index in [-0.39, 0.29) is 12.5 Å². The molecule has 0 spiro atoms. The van der Waals surface area contributed by atoms with Crippen LogP contribution >= 0.6 is 0 Å². The summed E-state index contributed by atoms with van der Waals surface area (Å²) in [5.41, 5.74) is 0.630. The molecule has 1 aromatic rings. The molecule has 0 saturated carbocycles. The molecule has 0 bridgehead atoms. The first-order valence-corrected chi connectivity index (χ1v) is 10.1. The van der Waals surface area contributed by atoms with Gasteiger partial charge < -0.3 is 49.8 Å². The Hall–Kier alpha value is -1.83. The predicted octanol–water partition coefficient (Wildman–Crippen LogP) is -1.29. The van der Waals surface area contributed by atoms with Crippen LogP contribution in [0.1, 0.15) is 19.8 Å². The summed E-state index contributed by atoms with van der Waals surface area (Å²) >= 11 is 0. The third-order valence-corrected chi connectivity index (χ3v) is 5.21. The number of benzene rings is 1. The molecular weight excluding hydrogens is 414 g/mol. The summed E-state index contributed by atoms with van der Waals surface area (Å²) in [5.74, 6) is 0.338. The van der Waals surface area contributed by atoms with Crippen molar-refractivity contribution in [1.82, 2.24) is 0 Å². The van der Waals surface area contributed by atoms with Crippen LogP contribution in [0.3, 0.4) is 0 Å². The van der Waals surface area contributed by atoms with E-state index < -0.39 is 55.8 Å². The third-order valence-electron chi connectivity index (χ3n) is 5.21. The summed E-state index contributed by atoms with van der Waals surface area (Å²) in [7, 11) is 0. The van der Waals surface area contributed by atoms with Gasteiger partial charge in [-0.2, -0.15) is 0 Å². The van der Waals surface area contributed by atoms with Crippen molar-refractivity contribution in [3.8, 4) is 5.75 Å². The molecule has 2 aliphatic rings. The Morgan fingerprint density at radius 1 is 1.00 bits per heavy atom. The van der Waals surface area contributed by atoms with Gasteiger partial charge in [-0.15, -0.1) is 0 Å². The van der Waals surface area contributed by atoms with Crippen LogP contribution in [-0.2, 0) is 19.0 Å². The second-order valence-electron chi connectivity index (χ2n) is 7.56. The predicted molar refractivity (Wildman–Crippen MR) is 105 cm³/mol. The van der Waals surface area contributed by atoms with Gasteiger partial charge in [-0.3, -0.25) is 4.79 Å². The Labute approximate surface area is 179 Å². The summed E-state index contributed by atoms with van der Waals surface area (Å²) < 4.78 is 22.6. The smallest absolute Gasteiger partial charge is 0.221 e. The normalized spacial score (nSPS) is 36.1. The molecule has 31 heavy (non-hydrogen) atoms. The molecule has 2 fully saturated rings. The molecule has 0 radical (unpaired) electrons. The maximum Gasteiger partial charge on any atom is 0.221 e. The highest BCUT2D eigenvalue weighted by Crippen LogP contribution is 2.29. The molecule has 2 saturated heterocycles. The maximum absolute atomic E-state index is 11.1. The van der Waals surface area contributed by atoms with Gasteiger partial charge in [0.25, 0.3) is 0 Å². The summed E-state index contributed by atoms with van der Waals surface area (Å²) in [6.07, 6.45) is -8.27. The fraction of sp³-hybridized carbons (Fsp3) is 0.650. The molecule has 174 valence electrons. The highest BCUT2D eigenvalue weighted by molar-refractivity contribution is 5.88. The Bertz CT molecular complexity index is 714. The minimum Gasteiger partial charge on any atom is -0.465 e. The van der Waals surface area contributed by atoms with E-state index >= 15 is 0 Å². The molecule has 0 aromatic heterocycles. The molecule has 1 amide bonds. The van der Waals surface area contributed by atoms with Crippen molar-refractivity contribution in [2.24, 2.45) is 0 Å². The van der Waals surface area contributed by atoms with E-state index in [1.165, 1.54) is 6.92 Å². The average Bonchev–Trinajstić information content (AvgIpc) is 2.76. The van der Waals surface area contributed by atoms with Crippen molar-refractivity contribution < 1.29 is 49.3 Å². The number of carbonyl (C=O) groups is 1. The number of aliphatic hydroxyl groups is 5. The second kappa shape index (κ2) is 10.7. The lowest BCUT2D eigenvalue weighted by atomic mass is 9.99. The van der Waals surface area contributed by atoms with Crippen LogP contribution in [-0.4, -0.2) is 93.9 Å². The SMILES string of the molecule is CC(=O)Nc1ccc(OC2CC[C@H](OC3OC(CO)[C@H](O)C(O)C3O)C(CO)O2)cc1. The zero-order valence-electron chi connectivity index (χ0n) is 17.0. The maximum atomic E-state index is 11.1. The lowest BCUT2D eigenvalue weighted by molar-refractivity contribution is -0.329. The van der Waals surface area contributed by atoms with Gasteiger partial charge in [-0.1, -0.05) is 0 Å². The molecule has 2 aliphatic heterocycles. The molecule has 3 rings (SSSR count). The monoisotopic (exact) mass is 443 g/mol. The average molecular weight is 443 g/mol. The fourth-order valence-corrected chi connectivity index (χ4v) is 3.56. The van der Waals surface area contributed by atoms with E-state index in [2.05, 4.69) is 5.32 Å². The van der Waals surface area contributed by atoms with Crippen molar-refractivity contribution in [2.45, 2.75) is 69.0 Å². The molecule has 11 nitrogen and oxygen atoms in total. The first-order chi connectivity index (χ1) is 14.8. The standard InChI is InChI=1S/C20H29NO10/c1-10(24)21-11-2-4-12(5-3-11)28-16-7-6-13(14(8-22)29-16)30-20-19(27)18(26)17(25)15(9-23)31-20/h2-5,13-20,22-23,25-27H,6-9H2,1H3,(H,21,24)/t13-,14?,15?,16?,17-,18?,19?,20?/m0/s1. The number of nitrogens with one attached hydrogen (secondary N) is 1. The van der Waals surface area contributed by atoms with Gasteiger partial charge in [-0.25, -0.2) is 0 Å².